The molecule has 7 nitrogen and oxygen atoms in total. The molecule has 0 aliphatic heterocycles. The maximum atomic E-state index is 10.9. The number of hydrogen-bond acceptors (Lipinski definition) is 6. The summed E-state index contributed by atoms with van der Waals surface area (Å²) < 4.78 is 0. The van der Waals surface area contributed by atoms with Gasteiger partial charge in [0.1, 0.15) is 5.82 Å². The van der Waals surface area contributed by atoms with Gasteiger partial charge in [-0.15, -0.1) is 6.58 Å². The van der Waals surface area contributed by atoms with E-state index in [0.717, 1.165) is 0 Å². The summed E-state index contributed by atoms with van der Waals surface area (Å²) in [6.07, 6.45) is 1.70. The van der Waals surface area contributed by atoms with Crippen molar-refractivity contribution in [2.45, 2.75) is 19.9 Å². The summed E-state index contributed by atoms with van der Waals surface area (Å²) in [5.41, 5.74) is 0.655. The fourth-order valence-corrected chi connectivity index (χ4v) is 1.86. The molecule has 2 rings (SSSR count). The number of nitrogens with zero attached hydrogens (tertiary/aromatic N) is 3. The Balaban J connectivity index is 2.56. The Morgan fingerprint density at radius 2 is 2.19 bits per heavy atom. The first-order chi connectivity index (χ1) is 10.0. The van der Waals surface area contributed by atoms with E-state index in [-0.39, 0.29) is 11.7 Å². The molecule has 1 aromatic heterocycles. The zero-order valence-electron chi connectivity index (χ0n) is 12.0. The third-order valence-electron chi connectivity index (χ3n) is 2.72. The normalized spacial score (nSPS) is 10.6. The highest BCUT2D eigenvalue weighted by molar-refractivity contribution is 5.91. The molecule has 0 atom stereocenters. The van der Waals surface area contributed by atoms with E-state index in [1.165, 1.54) is 12.1 Å². The second-order valence-corrected chi connectivity index (χ2v) is 4.82. The smallest absolute Gasteiger partial charge is 0.270 e. The van der Waals surface area contributed by atoms with Crippen molar-refractivity contribution in [1.29, 1.82) is 0 Å². The molecule has 0 fully saturated rings. The van der Waals surface area contributed by atoms with Gasteiger partial charge in [0.25, 0.3) is 5.69 Å². The van der Waals surface area contributed by atoms with Crippen LogP contribution in [0.5, 0.6) is 0 Å². The SMILES string of the molecule is C=CCNc1nc(NC(C)C)nc2ccc([N+](=O)[O-])cc12. The maximum Gasteiger partial charge on any atom is 0.270 e. The van der Waals surface area contributed by atoms with Crippen molar-refractivity contribution in [3.63, 3.8) is 0 Å². The first-order valence-electron chi connectivity index (χ1n) is 6.58. The van der Waals surface area contributed by atoms with Gasteiger partial charge < -0.3 is 10.6 Å². The Bertz CT molecular complexity index is 684. The second kappa shape index (κ2) is 6.17. The number of fused-ring (bicyclic) bond motifs is 1. The van der Waals surface area contributed by atoms with E-state index in [1.807, 2.05) is 13.8 Å². The molecular weight excluding hydrogens is 270 g/mol. The standard InChI is InChI=1S/C14H17N5O2/c1-4-7-15-13-11-8-10(19(20)21)5-6-12(11)17-14(18-13)16-9(2)3/h4-6,8-9H,1,7H2,2-3H3,(H2,15,16,17,18). The number of hydrogen-bond donors (Lipinski definition) is 2. The Hall–Kier alpha value is -2.70. The van der Waals surface area contributed by atoms with E-state index in [2.05, 4.69) is 27.2 Å². The molecule has 2 aromatic rings. The van der Waals surface area contributed by atoms with E-state index < -0.39 is 4.92 Å². The lowest BCUT2D eigenvalue weighted by atomic mass is 10.2. The summed E-state index contributed by atoms with van der Waals surface area (Å²) in [5.74, 6) is 1.03. The zero-order chi connectivity index (χ0) is 15.4. The van der Waals surface area contributed by atoms with E-state index in [4.69, 9.17) is 0 Å². The van der Waals surface area contributed by atoms with Crippen LogP contribution in [0.2, 0.25) is 0 Å². The summed E-state index contributed by atoms with van der Waals surface area (Å²) in [5, 5.41) is 17.7. The topological polar surface area (TPSA) is 93.0 Å². The first kappa shape index (κ1) is 14.7. The Morgan fingerprint density at radius 3 is 2.81 bits per heavy atom. The van der Waals surface area contributed by atoms with Crippen LogP contribution < -0.4 is 10.6 Å². The van der Waals surface area contributed by atoms with Crippen LogP contribution >= 0.6 is 0 Å². The van der Waals surface area contributed by atoms with Crippen molar-refractivity contribution in [3.8, 4) is 0 Å². The average Bonchev–Trinajstić information content (AvgIpc) is 2.43. The van der Waals surface area contributed by atoms with Crippen molar-refractivity contribution in [2.24, 2.45) is 0 Å². The molecule has 1 heterocycles. The molecule has 21 heavy (non-hydrogen) atoms. The van der Waals surface area contributed by atoms with Gasteiger partial charge in [-0.1, -0.05) is 6.08 Å². The lowest BCUT2D eigenvalue weighted by Gasteiger charge is -2.12. The molecule has 0 unspecified atom stereocenters. The van der Waals surface area contributed by atoms with Crippen LogP contribution in [-0.4, -0.2) is 27.5 Å². The van der Waals surface area contributed by atoms with Gasteiger partial charge in [0.2, 0.25) is 5.95 Å². The highest BCUT2D eigenvalue weighted by atomic mass is 16.6. The predicted molar refractivity (Wildman–Crippen MR) is 83.6 cm³/mol. The van der Waals surface area contributed by atoms with Crippen LogP contribution in [0.4, 0.5) is 17.5 Å². The third-order valence-corrected chi connectivity index (χ3v) is 2.72. The molecule has 110 valence electrons. The predicted octanol–water partition coefficient (Wildman–Crippen LogP) is 2.96. The van der Waals surface area contributed by atoms with Crippen molar-refractivity contribution in [3.05, 3.63) is 41.0 Å². The van der Waals surface area contributed by atoms with Crippen molar-refractivity contribution in [2.75, 3.05) is 17.2 Å². The molecule has 0 spiro atoms. The molecule has 0 saturated carbocycles. The van der Waals surface area contributed by atoms with Crippen LogP contribution in [0.15, 0.2) is 30.9 Å². The number of rotatable bonds is 6. The average molecular weight is 287 g/mol. The van der Waals surface area contributed by atoms with Crippen LogP contribution in [0.3, 0.4) is 0 Å². The van der Waals surface area contributed by atoms with Crippen molar-refractivity contribution >= 4 is 28.4 Å². The summed E-state index contributed by atoms with van der Waals surface area (Å²) in [6.45, 7) is 8.13. The quantitative estimate of drug-likeness (QED) is 0.482. The van der Waals surface area contributed by atoms with E-state index in [1.54, 1.807) is 12.1 Å². The van der Waals surface area contributed by atoms with Gasteiger partial charge in [-0.3, -0.25) is 10.1 Å². The molecule has 0 aliphatic rings. The fraction of sp³-hybridized carbons (Fsp3) is 0.286. The first-order valence-corrected chi connectivity index (χ1v) is 6.58. The largest absolute Gasteiger partial charge is 0.366 e. The molecule has 0 radical (unpaired) electrons. The summed E-state index contributed by atoms with van der Waals surface area (Å²) in [4.78, 5) is 19.2. The molecular formula is C14H17N5O2. The van der Waals surface area contributed by atoms with Crippen LogP contribution in [0.1, 0.15) is 13.8 Å². The molecule has 1 aromatic carbocycles. The van der Waals surface area contributed by atoms with Crippen molar-refractivity contribution < 1.29 is 4.92 Å². The number of aromatic nitrogens is 2. The second-order valence-electron chi connectivity index (χ2n) is 4.82. The van der Waals surface area contributed by atoms with Gasteiger partial charge in [-0.25, -0.2) is 4.98 Å². The van der Waals surface area contributed by atoms with Gasteiger partial charge in [0, 0.05) is 30.1 Å². The van der Waals surface area contributed by atoms with E-state index in [0.29, 0.717) is 29.2 Å². The summed E-state index contributed by atoms with van der Waals surface area (Å²) in [7, 11) is 0. The van der Waals surface area contributed by atoms with Gasteiger partial charge in [-0.2, -0.15) is 4.98 Å². The number of benzene rings is 1. The van der Waals surface area contributed by atoms with Crippen LogP contribution in [0.25, 0.3) is 10.9 Å². The minimum atomic E-state index is -0.434. The molecule has 0 amide bonds. The number of non-ortho nitro benzene ring substituents is 1. The molecule has 0 saturated heterocycles. The van der Waals surface area contributed by atoms with E-state index in [9.17, 15) is 10.1 Å². The maximum absolute atomic E-state index is 10.9. The molecule has 7 heteroatoms. The number of anilines is 2. The van der Waals surface area contributed by atoms with Gasteiger partial charge in [0.15, 0.2) is 0 Å². The van der Waals surface area contributed by atoms with Crippen LogP contribution in [-0.2, 0) is 0 Å². The van der Waals surface area contributed by atoms with E-state index >= 15 is 0 Å². The summed E-state index contributed by atoms with van der Waals surface area (Å²) >= 11 is 0. The minimum absolute atomic E-state index is 0.0114. The summed E-state index contributed by atoms with van der Waals surface area (Å²) in [6, 6.07) is 4.72. The third kappa shape index (κ3) is 3.44. The Morgan fingerprint density at radius 1 is 1.43 bits per heavy atom. The molecule has 0 bridgehead atoms. The minimum Gasteiger partial charge on any atom is -0.366 e. The lowest BCUT2D eigenvalue weighted by molar-refractivity contribution is -0.384. The molecule has 2 N–H and O–H groups in total. The van der Waals surface area contributed by atoms with Gasteiger partial charge >= 0.3 is 0 Å². The number of nitro benzene ring substituents is 1. The van der Waals surface area contributed by atoms with Gasteiger partial charge in [0.05, 0.1) is 10.4 Å². The fourth-order valence-electron chi connectivity index (χ4n) is 1.86. The van der Waals surface area contributed by atoms with Crippen molar-refractivity contribution in [1.82, 2.24) is 9.97 Å². The Labute approximate surface area is 122 Å². The highest BCUT2D eigenvalue weighted by Gasteiger charge is 2.13. The Kier molecular flexibility index (Phi) is 4.32. The zero-order valence-corrected chi connectivity index (χ0v) is 12.0. The lowest BCUT2D eigenvalue weighted by Crippen LogP contribution is -2.14. The van der Waals surface area contributed by atoms with Crippen LogP contribution in [0, 0.1) is 10.1 Å². The number of nitro groups is 1. The highest BCUT2D eigenvalue weighted by Crippen LogP contribution is 2.26. The van der Waals surface area contributed by atoms with Gasteiger partial charge in [-0.05, 0) is 19.9 Å². The molecule has 0 aliphatic carbocycles. The number of nitrogens with one attached hydrogen (secondary N) is 2. The monoisotopic (exact) mass is 287 g/mol.